The fraction of sp³-hybridized carbons (Fsp3) is 0.308. The minimum absolute atomic E-state index is 0.0220. The van der Waals surface area contributed by atoms with Gasteiger partial charge in [-0.3, -0.25) is 14.5 Å². The average Bonchev–Trinajstić information content (AvgIpc) is 3.38. The molecule has 1 fully saturated rings. The Morgan fingerprint density at radius 1 is 0.879 bits per heavy atom. The van der Waals surface area contributed by atoms with Gasteiger partial charge in [-0.15, -0.1) is 11.3 Å². The van der Waals surface area contributed by atoms with Gasteiger partial charge in [0.15, 0.2) is 0 Å². The number of amides is 2. The summed E-state index contributed by atoms with van der Waals surface area (Å²) in [5.74, 6) is -1.20. The van der Waals surface area contributed by atoms with Gasteiger partial charge < -0.3 is 15.5 Å². The molecule has 1 aromatic heterocycles. The molecule has 0 bridgehead atoms. The number of rotatable bonds is 7. The number of anilines is 1. The Bertz CT molecular complexity index is 1020. The molecule has 6 nitrogen and oxygen atoms in total. The summed E-state index contributed by atoms with van der Waals surface area (Å²) < 4.78 is 0. The smallest absolute Gasteiger partial charge is 0.309 e. The highest BCUT2D eigenvalue weighted by Crippen LogP contribution is 2.30. The van der Waals surface area contributed by atoms with Gasteiger partial charge in [-0.2, -0.15) is 0 Å². The Labute approximate surface area is 199 Å². The van der Waals surface area contributed by atoms with Gasteiger partial charge in [0.2, 0.25) is 0 Å². The lowest BCUT2D eigenvalue weighted by Crippen LogP contribution is -2.53. The Balaban J connectivity index is 1.37. The fourth-order valence-electron chi connectivity index (χ4n) is 4.31. The lowest BCUT2D eigenvalue weighted by Gasteiger charge is -2.42. The molecule has 2 unspecified atom stereocenters. The van der Waals surface area contributed by atoms with Crippen LogP contribution in [0.1, 0.15) is 23.4 Å². The first-order valence-electron chi connectivity index (χ1n) is 11.3. The van der Waals surface area contributed by atoms with E-state index in [1.165, 1.54) is 10.6 Å². The highest BCUT2D eigenvalue weighted by molar-refractivity contribution is 7.10. The maximum atomic E-state index is 12.6. The van der Waals surface area contributed by atoms with E-state index in [0.717, 1.165) is 31.7 Å². The number of piperazine rings is 1. The van der Waals surface area contributed by atoms with Gasteiger partial charge in [0.1, 0.15) is 0 Å². The topological polar surface area (TPSA) is 64.7 Å². The molecule has 0 radical (unpaired) electrons. The molecular weight excluding hydrogens is 432 g/mol. The van der Waals surface area contributed by atoms with E-state index in [1.54, 1.807) is 11.3 Å². The summed E-state index contributed by atoms with van der Waals surface area (Å²) in [7, 11) is 0. The van der Waals surface area contributed by atoms with Crippen LogP contribution in [0.3, 0.4) is 0 Å². The molecule has 2 atom stereocenters. The van der Waals surface area contributed by atoms with E-state index in [2.05, 4.69) is 56.1 Å². The van der Waals surface area contributed by atoms with Crippen molar-refractivity contribution in [1.29, 1.82) is 0 Å². The number of hydrogen-bond acceptors (Lipinski definition) is 5. The Morgan fingerprint density at radius 3 is 2.18 bits per heavy atom. The molecule has 4 rings (SSSR count). The van der Waals surface area contributed by atoms with Gasteiger partial charge in [-0.05, 0) is 36.1 Å². The highest BCUT2D eigenvalue weighted by Gasteiger charge is 2.31. The van der Waals surface area contributed by atoms with Gasteiger partial charge in [0, 0.05) is 49.3 Å². The van der Waals surface area contributed by atoms with Crippen LogP contribution in [-0.4, -0.2) is 48.9 Å². The normalized spacial score (nSPS) is 16.1. The van der Waals surface area contributed by atoms with E-state index in [4.69, 9.17) is 0 Å². The molecule has 1 aliphatic rings. The molecule has 2 N–H and O–H groups in total. The van der Waals surface area contributed by atoms with Crippen LogP contribution in [0.15, 0.2) is 78.2 Å². The third kappa shape index (κ3) is 6.00. The maximum absolute atomic E-state index is 12.6. The van der Waals surface area contributed by atoms with E-state index in [0.29, 0.717) is 6.54 Å². The standard InChI is InChI=1S/C26H30N4O2S/c1-20(28-26(32)25(31)27-19-21-9-4-2-5-10-21)24(23-13-8-18-33-23)30-16-14-29(15-17-30)22-11-6-3-7-12-22/h2-13,18,20,24H,14-17,19H2,1H3,(H,27,31)(H,28,32). The molecular formula is C26H30N4O2S. The van der Waals surface area contributed by atoms with Gasteiger partial charge in [0.05, 0.1) is 6.04 Å². The number of hydrogen-bond donors (Lipinski definition) is 2. The van der Waals surface area contributed by atoms with Crippen molar-refractivity contribution in [2.75, 3.05) is 31.1 Å². The van der Waals surface area contributed by atoms with Crippen molar-refractivity contribution in [3.8, 4) is 0 Å². The molecule has 0 spiro atoms. The molecule has 1 aliphatic heterocycles. The number of carbonyl (C=O) groups is 2. The van der Waals surface area contributed by atoms with Crippen molar-refractivity contribution in [3.63, 3.8) is 0 Å². The molecule has 33 heavy (non-hydrogen) atoms. The van der Waals surface area contributed by atoms with Crippen molar-refractivity contribution in [3.05, 3.63) is 88.6 Å². The molecule has 2 amide bonds. The van der Waals surface area contributed by atoms with Crippen LogP contribution in [0, 0.1) is 0 Å². The number of nitrogens with one attached hydrogen (secondary N) is 2. The molecule has 172 valence electrons. The lowest BCUT2D eigenvalue weighted by atomic mass is 10.0. The minimum Gasteiger partial charge on any atom is -0.369 e. The number of nitrogens with zero attached hydrogens (tertiary/aromatic N) is 2. The van der Waals surface area contributed by atoms with Crippen LogP contribution in [0.5, 0.6) is 0 Å². The quantitative estimate of drug-likeness (QED) is 0.528. The number of carbonyl (C=O) groups excluding carboxylic acids is 2. The van der Waals surface area contributed by atoms with Gasteiger partial charge in [0.25, 0.3) is 0 Å². The van der Waals surface area contributed by atoms with Crippen LogP contribution < -0.4 is 15.5 Å². The third-order valence-corrected chi connectivity index (χ3v) is 6.94. The van der Waals surface area contributed by atoms with E-state index >= 15 is 0 Å². The number of thiophene rings is 1. The summed E-state index contributed by atoms with van der Waals surface area (Å²) in [5.41, 5.74) is 2.20. The first kappa shape index (κ1) is 23.0. The first-order valence-corrected chi connectivity index (χ1v) is 12.2. The summed E-state index contributed by atoms with van der Waals surface area (Å²) in [4.78, 5) is 31.0. The van der Waals surface area contributed by atoms with Gasteiger partial charge >= 0.3 is 11.8 Å². The zero-order valence-corrected chi connectivity index (χ0v) is 19.6. The zero-order chi connectivity index (χ0) is 23.0. The highest BCUT2D eigenvalue weighted by atomic mass is 32.1. The first-order chi connectivity index (χ1) is 16.1. The third-order valence-electron chi connectivity index (χ3n) is 6.00. The Hall–Kier alpha value is -3.16. The van der Waals surface area contributed by atoms with Crippen molar-refractivity contribution >= 4 is 28.8 Å². The summed E-state index contributed by atoms with van der Waals surface area (Å²) in [6.45, 7) is 5.93. The largest absolute Gasteiger partial charge is 0.369 e. The molecule has 2 heterocycles. The second kappa shape index (κ2) is 11.1. The molecule has 0 aliphatic carbocycles. The number of benzene rings is 2. The predicted octanol–water partition coefficient (Wildman–Crippen LogP) is 3.43. The number of para-hydroxylation sites is 1. The molecule has 1 saturated heterocycles. The van der Waals surface area contributed by atoms with E-state index in [-0.39, 0.29) is 12.1 Å². The molecule has 2 aromatic carbocycles. The van der Waals surface area contributed by atoms with E-state index in [1.807, 2.05) is 49.4 Å². The summed E-state index contributed by atoms with van der Waals surface area (Å²) >= 11 is 1.69. The minimum atomic E-state index is -0.607. The van der Waals surface area contributed by atoms with Gasteiger partial charge in [-0.1, -0.05) is 54.6 Å². The van der Waals surface area contributed by atoms with Crippen LogP contribution in [-0.2, 0) is 16.1 Å². The van der Waals surface area contributed by atoms with Crippen molar-refractivity contribution in [2.24, 2.45) is 0 Å². The van der Waals surface area contributed by atoms with Gasteiger partial charge in [-0.25, -0.2) is 0 Å². The SMILES string of the molecule is CC(NC(=O)C(=O)NCc1ccccc1)C(c1cccs1)N1CCN(c2ccccc2)CC1. The fourth-order valence-corrected chi connectivity index (χ4v) is 5.27. The predicted molar refractivity (Wildman–Crippen MR) is 133 cm³/mol. The summed E-state index contributed by atoms with van der Waals surface area (Å²) in [6.07, 6.45) is 0. The summed E-state index contributed by atoms with van der Waals surface area (Å²) in [6, 6.07) is 24.0. The molecule has 7 heteroatoms. The van der Waals surface area contributed by atoms with Crippen molar-refractivity contribution < 1.29 is 9.59 Å². The Morgan fingerprint density at radius 2 is 1.55 bits per heavy atom. The van der Waals surface area contributed by atoms with Crippen LogP contribution in [0.4, 0.5) is 5.69 Å². The maximum Gasteiger partial charge on any atom is 0.309 e. The summed E-state index contributed by atoms with van der Waals surface area (Å²) in [5, 5.41) is 7.72. The monoisotopic (exact) mass is 462 g/mol. The van der Waals surface area contributed by atoms with E-state index in [9.17, 15) is 9.59 Å². The van der Waals surface area contributed by atoms with E-state index < -0.39 is 11.8 Å². The lowest BCUT2D eigenvalue weighted by molar-refractivity contribution is -0.140. The Kier molecular flexibility index (Phi) is 7.75. The molecule has 0 saturated carbocycles. The second-order valence-electron chi connectivity index (χ2n) is 8.25. The molecule has 3 aromatic rings. The van der Waals surface area contributed by atoms with Crippen LogP contribution in [0.2, 0.25) is 0 Å². The van der Waals surface area contributed by atoms with Crippen LogP contribution >= 0.6 is 11.3 Å². The van der Waals surface area contributed by atoms with Crippen molar-refractivity contribution in [1.82, 2.24) is 15.5 Å². The average molecular weight is 463 g/mol. The second-order valence-corrected chi connectivity index (χ2v) is 9.23. The zero-order valence-electron chi connectivity index (χ0n) is 18.8. The van der Waals surface area contributed by atoms with Crippen LogP contribution in [0.25, 0.3) is 0 Å². The van der Waals surface area contributed by atoms with Crippen molar-refractivity contribution in [2.45, 2.75) is 25.6 Å².